The number of benzene rings is 2. The Morgan fingerprint density at radius 3 is 2.48 bits per heavy atom. The molecule has 0 aliphatic heterocycles. The molecule has 3 rings (SSSR count). The standard InChI is InChI=1S/C22H27NO2/c1-2-25-21(24)22(19-13-7-4-8-14-19)16-20(22)17-23-15-9-12-18-10-5-3-6-11-18/h3-8,10-11,13-14,20,23H,2,9,12,15-17H2,1H3. The minimum absolute atomic E-state index is 0.0720. The lowest BCUT2D eigenvalue weighted by Crippen LogP contribution is -2.29. The fraction of sp³-hybridized carbons (Fsp3) is 0.409. The molecule has 25 heavy (non-hydrogen) atoms. The van der Waals surface area contributed by atoms with Crippen LogP contribution in [0.4, 0.5) is 0 Å². The maximum absolute atomic E-state index is 12.6. The summed E-state index contributed by atoms with van der Waals surface area (Å²) in [7, 11) is 0. The molecular weight excluding hydrogens is 310 g/mol. The Balaban J connectivity index is 1.50. The van der Waals surface area contributed by atoms with Crippen molar-refractivity contribution in [1.29, 1.82) is 0 Å². The second-order valence-corrected chi connectivity index (χ2v) is 6.75. The Morgan fingerprint density at radius 2 is 1.80 bits per heavy atom. The highest BCUT2D eigenvalue weighted by Crippen LogP contribution is 2.54. The number of carbonyl (C=O) groups excluding carboxylic acids is 1. The van der Waals surface area contributed by atoms with Crippen molar-refractivity contribution in [3.63, 3.8) is 0 Å². The Bertz CT molecular complexity index is 671. The molecule has 0 spiro atoms. The predicted molar refractivity (Wildman–Crippen MR) is 100 cm³/mol. The van der Waals surface area contributed by atoms with Gasteiger partial charge < -0.3 is 10.1 Å². The zero-order valence-electron chi connectivity index (χ0n) is 14.9. The predicted octanol–water partition coefficient (Wildman–Crippen LogP) is 3.73. The molecule has 1 aliphatic carbocycles. The number of hydrogen-bond acceptors (Lipinski definition) is 3. The van der Waals surface area contributed by atoms with Gasteiger partial charge in [0.1, 0.15) is 0 Å². The SMILES string of the molecule is CCOC(=O)C1(c2ccccc2)CC1CNCCCc1ccccc1. The van der Waals surface area contributed by atoms with Gasteiger partial charge in [0.05, 0.1) is 12.0 Å². The van der Waals surface area contributed by atoms with E-state index in [9.17, 15) is 4.79 Å². The van der Waals surface area contributed by atoms with E-state index in [4.69, 9.17) is 4.74 Å². The second-order valence-electron chi connectivity index (χ2n) is 6.75. The van der Waals surface area contributed by atoms with E-state index >= 15 is 0 Å². The normalized spacial score (nSPS) is 21.7. The van der Waals surface area contributed by atoms with Crippen molar-refractivity contribution >= 4 is 5.97 Å². The topological polar surface area (TPSA) is 38.3 Å². The molecule has 1 aliphatic rings. The van der Waals surface area contributed by atoms with Crippen LogP contribution in [0.3, 0.4) is 0 Å². The lowest BCUT2D eigenvalue weighted by molar-refractivity contribution is -0.146. The van der Waals surface area contributed by atoms with Crippen molar-refractivity contribution < 1.29 is 9.53 Å². The summed E-state index contributed by atoms with van der Waals surface area (Å²) >= 11 is 0. The number of esters is 1. The number of rotatable bonds is 9. The van der Waals surface area contributed by atoms with Gasteiger partial charge in [0, 0.05) is 0 Å². The third kappa shape index (κ3) is 4.10. The molecule has 0 radical (unpaired) electrons. The molecule has 2 aromatic carbocycles. The van der Waals surface area contributed by atoms with Gasteiger partial charge in [0.2, 0.25) is 0 Å². The van der Waals surface area contributed by atoms with E-state index in [1.807, 2.05) is 43.3 Å². The van der Waals surface area contributed by atoms with E-state index in [1.54, 1.807) is 0 Å². The molecule has 0 saturated heterocycles. The van der Waals surface area contributed by atoms with Crippen LogP contribution >= 0.6 is 0 Å². The monoisotopic (exact) mass is 337 g/mol. The van der Waals surface area contributed by atoms with E-state index in [0.717, 1.165) is 37.9 Å². The van der Waals surface area contributed by atoms with Crippen LogP contribution < -0.4 is 5.32 Å². The molecule has 0 bridgehead atoms. The summed E-state index contributed by atoms with van der Waals surface area (Å²) in [5, 5.41) is 3.53. The third-order valence-electron chi connectivity index (χ3n) is 5.09. The van der Waals surface area contributed by atoms with Gasteiger partial charge >= 0.3 is 5.97 Å². The van der Waals surface area contributed by atoms with Gasteiger partial charge in [-0.2, -0.15) is 0 Å². The molecule has 0 amide bonds. The molecule has 1 fully saturated rings. The molecule has 1 N–H and O–H groups in total. The maximum atomic E-state index is 12.6. The Morgan fingerprint density at radius 1 is 1.12 bits per heavy atom. The molecule has 3 heteroatoms. The first-order chi connectivity index (χ1) is 12.3. The summed E-state index contributed by atoms with van der Waals surface area (Å²) in [6.07, 6.45) is 3.07. The first-order valence-corrected chi connectivity index (χ1v) is 9.24. The first kappa shape index (κ1) is 17.7. The number of carbonyl (C=O) groups is 1. The minimum atomic E-state index is -0.441. The molecule has 2 unspecified atom stereocenters. The van der Waals surface area contributed by atoms with Crippen molar-refractivity contribution in [3.05, 3.63) is 71.8 Å². The highest BCUT2D eigenvalue weighted by molar-refractivity contribution is 5.87. The Labute approximate surface area is 150 Å². The average molecular weight is 337 g/mol. The van der Waals surface area contributed by atoms with Gasteiger partial charge in [0.25, 0.3) is 0 Å². The van der Waals surface area contributed by atoms with Crippen LogP contribution in [0, 0.1) is 5.92 Å². The summed E-state index contributed by atoms with van der Waals surface area (Å²) in [6, 6.07) is 20.6. The Hall–Kier alpha value is -2.13. The van der Waals surface area contributed by atoms with Crippen molar-refractivity contribution in [3.8, 4) is 0 Å². The van der Waals surface area contributed by atoms with Crippen LogP contribution in [0.5, 0.6) is 0 Å². The molecule has 132 valence electrons. The van der Waals surface area contributed by atoms with Crippen molar-refractivity contribution in [1.82, 2.24) is 5.32 Å². The minimum Gasteiger partial charge on any atom is -0.465 e. The molecule has 2 aromatic rings. The summed E-state index contributed by atoms with van der Waals surface area (Å²) in [5.74, 6) is 0.253. The number of hydrogen-bond donors (Lipinski definition) is 1. The molecule has 3 nitrogen and oxygen atoms in total. The van der Waals surface area contributed by atoms with E-state index in [1.165, 1.54) is 5.56 Å². The number of ether oxygens (including phenoxy) is 1. The van der Waals surface area contributed by atoms with Crippen LogP contribution in [0.2, 0.25) is 0 Å². The van der Waals surface area contributed by atoms with Gasteiger partial charge in [-0.3, -0.25) is 4.79 Å². The second kappa shape index (κ2) is 8.30. The van der Waals surface area contributed by atoms with Crippen molar-refractivity contribution in [2.24, 2.45) is 5.92 Å². The lowest BCUT2D eigenvalue weighted by Gasteiger charge is -2.17. The highest BCUT2D eigenvalue weighted by Gasteiger charge is 2.61. The summed E-state index contributed by atoms with van der Waals surface area (Å²) < 4.78 is 5.37. The fourth-order valence-corrected chi connectivity index (χ4v) is 3.63. The van der Waals surface area contributed by atoms with E-state index < -0.39 is 5.41 Å². The molecule has 0 heterocycles. The summed E-state index contributed by atoms with van der Waals surface area (Å²) in [4.78, 5) is 12.6. The maximum Gasteiger partial charge on any atom is 0.316 e. The van der Waals surface area contributed by atoms with Gasteiger partial charge in [-0.25, -0.2) is 0 Å². The molecule has 1 saturated carbocycles. The van der Waals surface area contributed by atoms with Gasteiger partial charge in [-0.05, 0) is 56.3 Å². The average Bonchev–Trinajstić information content (AvgIpc) is 3.39. The summed E-state index contributed by atoms with van der Waals surface area (Å²) in [6.45, 7) is 4.14. The number of aryl methyl sites for hydroxylation is 1. The van der Waals surface area contributed by atoms with Crippen LogP contribution in [-0.2, 0) is 21.4 Å². The molecule has 2 atom stereocenters. The summed E-state index contributed by atoms with van der Waals surface area (Å²) in [5.41, 5.74) is 2.02. The van der Waals surface area contributed by atoms with Crippen molar-refractivity contribution in [2.75, 3.05) is 19.7 Å². The van der Waals surface area contributed by atoms with Crippen LogP contribution in [0.1, 0.15) is 30.9 Å². The van der Waals surface area contributed by atoms with Crippen molar-refractivity contribution in [2.45, 2.75) is 31.6 Å². The van der Waals surface area contributed by atoms with E-state index in [-0.39, 0.29) is 5.97 Å². The van der Waals surface area contributed by atoms with E-state index in [2.05, 4.69) is 29.6 Å². The molecular formula is C22H27NO2. The van der Waals surface area contributed by atoms with Crippen LogP contribution in [-0.4, -0.2) is 25.7 Å². The van der Waals surface area contributed by atoms with E-state index in [0.29, 0.717) is 12.5 Å². The third-order valence-corrected chi connectivity index (χ3v) is 5.09. The van der Waals surface area contributed by atoms with Crippen LogP contribution in [0.15, 0.2) is 60.7 Å². The lowest BCUT2D eigenvalue weighted by atomic mass is 9.93. The first-order valence-electron chi connectivity index (χ1n) is 9.24. The van der Waals surface area contributed by atoms with Crippen LogP contribution in [0.25, 0.3) is 0 Å². The quantitative estimate of drug-likeness (QED) is 0.560. The molecule has 0 aromatic heterocycles. The van der Waals surface area contributed by atoms with Gasteiger partial charge in [0.15, 0.2) is 0 Å². The Kier molecular flexibility index (Phi) is 5.87. The zero-order valence-corrected chi connectivity index (χ0v) is 14.9. The highest BCUT2D eigenvalue weighted by atomic mass is 16.5. The smallest absolute Gasteiger partial charge is 0.316 e. The van der Waals surface area contributed by atoms with Gasteiger partial charge in [-0.15, -0.1) is 0 Å². The zero-order chi connectivity index (χ0) is 17.5. The van der Waals surface area contributed by atoms with Gasteiger partial charge in [-0.1, -0.05) is 60.7 Å². The largest absolute Gasteiger partial charge is 0.465 e. The fourth-order valence-electron chi connectivity index (χ4n) is 3.63. The number of nitrogens with one attached hydrogen (secondary N) is 1.